The lowest BCUT2D eigenvalue weighted by atomic mass is 9.86. The van der Waals surface area contributed by atoms with E-state index in [4.69, 9.17) is 5.11 Å². The van der Waals surface area contributed by atoms with Crippen LogP contribution in [-0.2, 0) is 4.79 Å². The Hall–Kier alpha value is -1.26. The largest absolute Gasteiger partial charge is 0.481 e. The first kappa shape index (κ1) is 16.8. The Morgan fingerprint density at radius 3 is 2.20 bits per heavy atom. The van der Waals surface area contributed by atoms with Crippen molar-refractivity contribution in [2.45, 2.75) is 71.9 Å². The fourth-order valence-corrected chi connectivity index (χ4v) is 2.91. The van der Waals surface area contributed by atoms with Crippen LogP contribution in [0.5, 0.6) is 0 Å². The lowest BCUT2D eigenvalue weighted by molar-refractivity contribution is -0.142. The Morgan fingerprint density at radius 1 is 1.20 bits per heavy atom. The van der Waals surface area contributed by atoms with E-state index in [0.717, 1.165) is 19.3 Å². The molecule has 0 aromatic heterocycles. The molecule has 1 saturated carbocycles. The van der Waals surface area contributed by atoms with Crippen molar-refractivity contribution in [1.82, 2.24) is 10.6 Å². The van der Waals surface area contributed by atoms with E-state index in [9.17, 15) is 9.59 Å². The summed E-state index contributed by atoms with van der Waals surface area (Å²) >= 11 is 0. The van der Waals surface area contributed by atoms with E-state index in [0.29, 0.717) is 12.8 Å². The SMILES string of the molecule is CC(CC(C)(C)C)NC(=O)NC1CCC(C(=O)O)CC1. The number of hydrogen-bond donors (Lipinski definition) is 3. The standard InChI is InChI=1S/C15H28N2O3/c1-10(9-15(2,3)4)16-14(20)17-12-7-5-11(6-8-12)13(18)19/h10-12H,5-9H2,1-4H3,(H,18,19)(H2,16,17,20). The van der Waals surface area contributed by atoms with E-state index in [-0.39, 0.29) is 29.4 Å². The zero-order chi connectivity index (χ0) is 15.3. The number of hydrogen-bond acceptors (Lipinski definition) is 2. The lowest BCUT2D eigenvalue weighted by Gasteiger charge is -2.28. The normalized spacial score (nSPS) is 24.8. The number of aliphatic carboxylic acids is 1. The van der Waals surface area contributed by atoms with Crippen LogP contribution < -0.4 is 10.6 Å². The number of carboxylic acid groups (broad SMARTS) is 1. The molecular weight excluding hydrogens is 256 g/mol. The molecule has 1 aliphatic rings. The molecule has 5 heteroatoms. The zero-order valence-corrected chi connectivity index (χ0v) is 13.0. The third-order valence-electron chi connectivity index (χ3n) is 3.71. The summed E-state index contributed by atoms with van der Waals surface area (Å²) < 4.78 is 0. The smallest absolute Gasteiger partial charge is 0.315 e. The minimum Gasteiger partial charge on any atom is -0.481 e. The third-order valence-corrected chi connectivity index (χ3v) is 3.71. The van der Waals surface area contributed by atoms with Gasteiger partial charge < -0.3 is 15.7 Å². The van der Waals surface area contributed by atoms with Gasteiger partial charge in [-0.2, -0.15) is 0 Å². The summed E-state index contributed by atoms with van der Waals surface area (Å²) in [6.07, 6.45) is 3.72. The molecule has 1 fully saturated rings. The average Bonchev–Trinajstić information content (AvgIpc) is 2.26. The molecule has 0 spiro atoms. The topological polar surface area (TPSA) is 78.4 Å². The first-order valence-corrected chi connectivity index (χ1v) is 7.47. The summed E-state index contributed by atoms with van der Waals surface area (Å²) in [4.78, 5) is 22.7. The Bertz CT molecular complexity index is 342. The molecule has 1 unspecified atom stereocenters. The van der Waals surface area contributed by atoms with Crippen molar-refractivity contribution in [3.63, 3.8) is 0 Å². The number of carbonyl (C=O) groups is 2. The molecule has 1 aliphatic carbocycles. The molecule has 1 rings (SSSR count). The van der Waals surface area contributed by atoms with Crippen LogP contribution in [0, 0.1) is 11.3 Å². The van der Waals surface area contributed by atoms with Gasteiger partial charge >= 0.3 is 12.0 Å². The Balaban J connectivity index is 2.28. The summed E-state index contributed by atoms with van der Waals surface area (Å²) in [5.74, 6) is -0.956. The second kappa shape index (κ2) is 6.95. The van der Waals surface area contributed by atoms with Crippen LogP contribution in [0.3, 0.4) is 0 Å². The van der Waals surface area contributed by atoms with Crippen LogP contribution in [0.4, 0.5) is 4.79 Å². The lowest BCUT2D eigenvalue weighted by Crippen LogP contribution is -2.47. The number of carbonyl (C=O) groups excluding carboxylic acids is 1. The molecule has 0 bridgehead atoms. The minimum absolute atomic E-state index is 0.104. The Labute approximate surface area is 121 Å². The summed E-state index contributed by atoms with van der Waals surface area (Å²) in [6.45, 7) is 8.45. The molecule has 0 heterocycles. The molecular formula is C15H28N2O3. The number of nitrogens with one attached hydrogen (secondary N) is 2. The summed E-state index contributed by atoms with van der Waals surface area (Å²) in [6, 6.07) is 0.0957. The number of urea groups is 1. The van der Waals surface area contributed by atoms with Gasteiger partial charge in [-0.25, -0.2) is 4.79 Å². The zero-order valence-electron chi connectivity index (χ0n) is 13.0. The second-order valence-corrected chi connectivity index (χ2v) is 7.17. The van der Waals surface area contributed by atoms with Gasteiger partial charge in [0.15, 0.2) is 0 Å². The molecule has 0 aromatic rings. The first-order chi connectivity index (χ1) is 9.17. The van der Waals surface area contributed by atoms with Crippen molar-refractivity contribution in [2.75, 3.05) is 0 Å². The van der Waals surface area contributed by atoms with Crippen LogP contribution in [-0.4, -0.2) is 29.2 Å². The summed E-state index contributed by atoms with van der Waals surface area (Å²) in [5, 5.41) is 14.8. The van der Waals surface area contributed by atoms with Crippen molar-refractivity contribution >= 4 is 12.0 Å². The molecule has 5 nitrogen and oxygen atoms in total. The highest BCUT2D eigenvalue weighted by Crippen LogP contribution is 2.24. The van der Waals surface area contributed by atoms with Crippen LogP contribution in [0.1, 0.15) is 59.8 Å². The third kappa shape index (κ3) is 6.26. The van der Waals surface area contributed by atoms with E-state index in [2.05, 4.69) is 31.4 Å². The van der Waals surface area contributed by atoms with Gasteiger partial charge in [0.1, 0.15) is 0 Å². The van der Waals surface area contributed by atoms with E-state index in [1.165, 1.54) is 0 Å². The Morgan fingerprint density at radius 2 is 1.75 bits per heavy atom. The fraction of sp³-hybridized carbons (Fsp3) is 0.867. The molecule has 0 aromatic carbocycles. The van der Waals surface area contributed by atoms with Crippen molar-refractivity contribution in [1.29, 1.82) is 0 Å². The second-order valence-electron chi connectivity index (χ2n) is 7.17. The van der Waals surface area contributed by atoms with Gasteiger partial charge in [0.25, 0.3) is 0 Å². The molecule has 0 aliphatic heterocycles. The van der Waals surface area contributed by atoms with Gasteiger partial charge in [0, 0.05) is 12.1 Å². The predicted octanol–water partition coefficient (Wildman–Crippen LogP) is 2.75. The van der Waals surface area contributed by atoms with E-state index >= 15 is 0 Å². The molecule has 0 radical (unpaired) electrons. The van der Waals surface area contributed by atoms with Crippen molar-refractivity contribution < 1.29 is 14.7 Å². The molecule has 2 amide bonds. The van der Waals surface area contributed by atoms with Crippen LogP contribution >= 0.6 is 0 Å². The van der Waals surface area contributed by atoms with Crippen LogP contribution in [0.25, 0.3) is 0 Å². The van der Waals surface area contributed by atoms with Crippen molar-refractivity contribution in [3.05, 3.63) is 0 Å². The Kier molecular flexibility index (Phi) is 5.84. The van der Waals surface area contributed by atoms with Crippen molar-refractivity contribution in [3.8, 4) is 0 Å². The number of rotatable bonds is 4. The van der Waals surface area contributed by atoms with Gasteiger partial charge in [-0.1, -0.05) is 20.8 Å². The molecule has 0 saturated heterocycles. The monoisotopic (exact) mass is 284 g/mol. The van der Waals surface area contributed by atoms with Gasteiger partial charge in [0.2, 0.25) is 0 Å². The van der Waals surface area contributed by atoms with Gasteiger partial charge in [-0.3, -0.25) is 4.79 Å². The van der Waals surface area contributed by atoms with Crippen LogP contribution in [0.2, 0.25) is 0 Å². The fourth-order valence-electron chi connectivity index (χ4n) is 2.91. The number of amides is 2. The molecule has 116 valence electrons. The van der Waals surface area contributed by atoms with Gasteiger partial charge in [0.05, 0.1) is 5.92 Å². The van der Waals surface area contributed by atoms with Crippen LogP contribution in [0.15, 0.2) is 0 Å². The maximum atomic E-state index is 11.9. The van der Waals surface area contributed by atoms with E-state index < -0.39 is 5.97 Å². The van der Waals surface area contributed by atoms with E-state index in [1.54, 1.807) is 0 Å². The summed E-state index contributed by atoms with van der Waals surface area (Å²) in [7, 11) is 0. The highest BCUT2D eigenvalue weighted by molar-refractivity contribution is 5.74. The molecule has 20 heavy (non-hydrogen) atoms. The quantitative estimate of drug-likeness (QED) is 0.742. The first-order valence-electron chi connectivity index (χ1n) is 7.47. The van der Waals surface area contributed by atoms with Crippen molar-refractivity contribution in [2.24, 2.45) is 11.3 Å². The highest BCUT2D eigenvalue weighted by Gasteiger charge is 2.27. The highest BCUT2D eigenvalue weighted by atomic mass is 16.4. The molecule has 1 atom stereocenters. The minimum atomic E-state index is -0.716. The summed E-state index contributed by atoms with van der Waals surface area (Å²) in [5.41, 5.74) is 0.187. The maximum absolute atomic E-state index is 11.9. The van der Waals surface area contributed by atoms with Gasteiger partial charge in [-0.15, -0.1) is 0 Å². The maximum Gasteiger partial charge on any atom is 0.315 e. The van der Waals surface area contributed by atoms with E-state index in [1.807, 2.05) is 6.92 Å². The predicted molar refractivity (Wildman–Crippen MR) is 78.6 cm³/mol. The number of carboxylic acids is 1. The average molecular weight is 284 g/mol. The van der Waals surface area contributed by atoms with Gasteiger partial charge in [-0.05, 0) is 44.4 Å². The molecule has 3 N–H and O–H groups in total.